The zero-order valence-electron chi connectivity index (χ0n) is 8.61. The van der Waals surface area contributed by atoms with E-state index in [1.807, 2.05) is 0 Å². The number of aliphatic hydroxyl groups is 1. The van der Waals surface area contributed by atoms with Crippen LogP contribution < -0.4 is 5.32 Å². The zero-order chi connectivity index (χ0) is 11.1. The summed E-state index contributed by atoms with van der Waals surface area (Å²) in [7, 11) is 1.52. The second-order valence-electron chi connectivity index (χ2n) is 3.16. The van der Waals surface area contributed by atoms with Crippen LogP contribution in [0.15, 0.2) is 18.3 Å². The van der Waals surface area contributed by atoms with Crippen molar-refractivity contribution in [1.82, 2.24) is 4.98 Å². The molecule has 0 radical (unpaired) electrons. The van der Waals surface area contributed by atoms with E-state index in [4.69, 9.17) is 4.74 Å². The highest BCUT2D eigenvalue weighted by atomic mass is 19.1. The van der Waals surface area contributed by atoms with Gasteiger partial charge in [0.15, 0.2) is 11.6 Å². The molecule has 1 aromatic rings. The number of rotatable bonds is 6. The minimum Gasteiger partial charge on any atom is -0.391 e. The fourth-order valence-corrected chi connectivity index (χ4v) is 1.15. The van der Waals surface area contributed by atoms with Crippen LogP contribution in [-0.4, -0.2) is 36.5 Å². The van der Waals surface area contributed by atoms with Crippen molar-refractivity contribution in [3.05, 3.63) is 24.1 Å². The minimum absolute atomic E-state index is 0.210. The quantitative estimate of drug-likeness (QED) is 0.742. The normalized spacial score (nSPS) is 12.5. The van der Waals surface area contributed by atoms with Crippen molar-refractivity contribution in [3.8, 4) is 0 Å². The van der Waals surface area contributed by atoms with Gasteiger partial charge in [0.1, 0.15) is 0 Å². The largest absolute Gasteiger partial charge is 0.391 e. The van der Waals surface area contributed by atoms with Gasteiger partial charge in [-0.15, -0.1) is 0 Å². The Labute approximate surface area is 88.1 Å². The van der Waals surface area contributed by atoms with Gasteiger partial charge in [-0.1, -0.05) is 0 Å². The van der Waals surface area contributed by atoms with Gasteiger partial charge in [0.2, 0.25) is 0 Å². The first-order valence-electron chi connectivity index (χ1n) is 4.75. The van der Waals surface area contributed by atoms with Gasteiger partial charge in [0.25, 0.3) is 0 Å². The predicted octanol–water partition coefficient (Wildman–Crippen LogP) is 1.03. The van der Waals surface area contributed by atoms with Crippen LogP contribution in [0.5, 0.6) is 0 Å². The molecular weight excluding hydrogens is 199 g/mol. The minimum atomic E-state index is -0.533. The standard InChI is InChI=1S/C10H15FN2O2/c1-15-7-8(14)4-6-13-10-9(11)3-2-5-12-10/h2-3,5,8,14H,4,6-7H2,1H3,(H,12,13). The van der Waals surface area contributed by atoms with E-state index in [-0.39, 0.29) is 12.4 Å². The average Bonchev–Trinajstić information content (AvgIpc) is 2.21. The molecule has 0 bridgehead atoms. The molecule has 0 spiro atoms. The van der Waals surface area contributed by atoms with Crippen molar-refractivity contribution in [1.29, 1.82) is 0 Å². The van der Waals surface area contributed by atoms with Crippen molar-refractivity contribution < 1.29 is 14.2 Å². The monoisotopic (exact) mass is 214 g/mol. The fourth-order valence-electron chi connectivity index (χ4n) is 1.15. The molecule has 0 aliphatic heterocycles. The van der Waals surface area contributed by atoms with Crippen LogP contribution in [0.1, 0.15) is 6.42 Å². The lowest BCUT2D eigenvalue weighted by atomic mass is 10.2. The van der Waals surface area contributed by atoms with E-state index in [0.717, 1.165) is 0 Å². The first kappa shape index (κ1) is 11.9. The smallest absolute Gasteiger partial charge is 0.165 e. The summed E-state index contributed by atoms with van der Waals surface area (Å²) in [5, 5.41) is 12.1. The van der Waals surface area contributed by atoms with Crippen LogP contribution in [0.3, 0.4) is 0 Å². The average molecular weight is 214 g/mol. The number of aromatic nitrogens is 1. The maximum Gasteiger partial charge on any atom is 0.165 e. The number of nitrogens with zero attached hydrogens (tertiary/aromatic N) is 1. The molecular formula is C10H15FN2O2. The third kappa shape index (κ3) is 4.22. The lowest BCUT2D eigenvalue weighted by Crippen LogP contribution is -2.18. The van der Waals surface area contributed by atoms with Crippen LogP contribution in [0.25, 0.3) is 0 Å². The number of nitrogens with one attached hydrogen (secondary N) is 1. The van der Waals surface area contributed by atoms with Gasteiger partial charge in [-0.05, 0) is 18.6 Å². The highest BCUT2D eigenvalue weighted by Gasteiger charge is 2.04. The second-order valence-corrected chi connectivity index (χ2v) is 3.16. The maximum atomic E-state index is 13.0. The van der Waals surface area contributed by atoms with E-state index >= 15 is 0 Å². The SMILES string of the molecule is COCC(O)CCNc1ncccc1F. The van der Waals surface area contributed by atoms with E-state index in [1.54, 1.807) is 0 Å². The van der Waals surface area contributed by atoms with Crippen molar-refractivity contribution in [3.63, 3.8) is 0 Å². The van der Waals surface area contributed by atoms with E-state index in [2.05, 4.69) is 10.3 Å². The third-order valence-electron chi connectivity index (χ3n) is 1.89. The Kier molecular flexibility index (Phi) is 5.00. The topological polar surface area (TPSA) is 54.4 Å². The van der Waals surface area contributed by atoms with E-state index in [9.17, 15) is 9.50 Å². The molecule has 4 nitrogen and oxygen atoms in total. The molecule has 0 fully saturated rings. The number of ether oxygens (including phenoxy) is 1. The summed E-state index contributed by atoms with van der Waals surface area (Å²) in [6.45, 7) is 0.741. The molecule has 0 aliphatic rings. The highest BCUT2D eigenvalue weighted by molar-refractivity contribution is 5.35. The Bertz CT molecular complexity index is 297. The first-order valence-corrected chi connectivity index (χ1v) is 4.75. The number of halogens is 1. The molecule has 1 rings (SSSR count). The summed E-state index contributed by atoms with van der Waals surface area (Å²) in [6.07, 6.45) is 1.47. The van der Waals surface area contributed by atoms with Crippen molar-refractivity contribution in [2.24, 2.45) is 0 Å². The molecule has 15 heavy (non-hydrogen) atoms. The summed E-state index contributed by atoms with van der Waals surface area (Å²) >= 11 is 0. The van der Waals surface area contributed by atoms with Gasteiger partial charge in [0, 0.05) is 19.9 Å². The first-order chi connectivity index (χ1) is 7.24. The van der Waals surface area contributed by atoms with Gasteiger partial charge < -0.3 is 15.2 Å². The van der Waals surface area contributed by atoms with Crippen LogP contribution >= 0.6 is 0 Å². The maximum absolute atomic E-state index is 13.0. The van der Waals surface area contributed by atoms with Crippen LogP contribution in [0.2, 0.25) is 0 Å². The Hall–Kier alpha value is -1.20. The summed E-state index contributed by atoms with van der Waals surface area (Å²) in [5.41, 5.74) is 0. The number of aliphatic hydroxyl groups excluding tert-OH is 1. The van der Waals surface area contributed by atoms with Gasteiger partial charge in [-0.25, -0.2) is 9.37 Å². The molecule has 0 aliphatic carbocycles. The molecule has 1 aromatic heterocycles. The molecule has 1 unspecified atom stereocenters. The Morgan fingerprint density at radius 2 is 2.47 bits per heavy atom. The van der Waals surface area contributed by atoms with Crippen molar-refractivity contribution in [2.75, 3.05) is 25.6 Å². The van der Waals surface area contributed by atoms with Crippen LogP contribution in [-0.2, 0) is 4.74 Å². The zero-order valence-corrected chi connectivity index (χ0v) is 8.61. The molecule has 84 valence electrons. The predicted molar refractivity (Wildman–Crippen MR) is 55.2 cm³/mol. The van der Waals surface area contributed by atoms with Gasteiger partial charge >= 0.3 is 0 Å². The van der Waals surface area contributed by atoms with Crippen LogP contribution in [0, 0.1) is 5.82 Å². The summed E-state index contributed by atoms with van der Waals surface area (Å²) < 4.78 is 17.8. The molecule has 5 heteroatoms. The number of methoxy groups -OCH3 is 1. The Morgan fingerprint density at radius 1 is 1.67 bits per heavy atom. The summed E-state index contributed by atoms with van der Waals surface area (Å²) in [5.74, 6) is -0.180. The van der Waals surface area contributed by atoms with E-state index < -0.39 is 11.9 Å². The third-order valence-corrected chi connectivity index (χ3v) is 1.89. The Morgan fingerprint density at radius 3 is 3.13 bits per heavy atom. The number of hydrogen-bond acceptors (Lipinski definition) is 4. The van der Waals surface area contributed by atoms with Crippen molar-refractivity contribution in [2.45, 2.75) is 12.5 Å². The summed E-state index contributed by atoms with van der Waals surface area (Å²) in [4.78, 5) is 3.82. The second kappa shape index (κ2) is 6.31. The fraction of sp³-hybridized carbons (Fsp3) is 0.500. The van der Waals surface area contributed by atoms with Crippen molar-refractivity contribution >= 4 is 5.82 Å². The molecule has 0 saturated heterocycles. The summed E-state index contributed by atoms with van der Waals surface area (Å²) in [6, 6.07) is 2.86. The molecule has 2 N–H and O–H groups in total. The van der Waals surface area contributed by atoms with E-state index in [0.29, 0.717) is 13.0 Å². The number of anilines is 1. The molecule has 1 heterocycles. The van der Waals surface area contributed by atoms with Crippen LogP contribution in [0.4, 0.5) is 10.2 Å². The highest BCUT2D eigenvalue weighted by Crippen LogP contribution is 2.08. The van der Waals surface area contributed by atoms with Gasteiger partial charge in [-0.3, -0.25) is 0 Å². The molecule has 0 saturated carbocycles. The Balaban J connectivity index is 2.29. The molecule has 0 aromatic carbocycles. The molecule has 0 amide bonds. The molecule has 1 atom stereocenters. The van der Waals surface area contributed by atoms with Gasteiger partial charge in [0.05, 0.1) is 12.7 Å². The van der Waals surface area contributed by atoms with E-state index in [1.165, 1.54) is 25.4 Å². The lowest BCUT2D eigenvalue weighted by Gasteiger charge is -2.10. The number of hydrogen-bond donors (Lipinski definition) is 2. The lowest BCUT2D eigenvalue weighted by molar-refractivity contribution is 0.0615. The number of pyridine rings is 1. The van der Waals surface area contributed by atoms with Gasteiger partial charge in [-0.2, -0.15) is 0 Å².